The van der Waals surface area contributed by atoms with Crippen LogP contribution in [0.5, 0.6) is 0 Å². The molecule has 2 aliphatic heterocycles. The highest BCUT2D eigenvalue weighted by Crippen LogP contribution is 2.48. The maximum atomic E-state index is 6.25. The summed E-state index contributed by atoms with van der Waals surface area (Å²) >= 11 is 16.6. The Morgan fingerprint density at radius 3 is 1.43 bits per heavy atom. The third-order valence-corrected chi connectivity index (χ3v) is 7.97. The van der Waals surface area contributed by atoms with Crippen LogP contribution in [0.15, 0.2) is 0 Å². The number of hydrogen-bond donors (Lipinski definition) is 0. The van der Waals surface area contributed by atoms with Crippen molar-refractivity contribution in [2.45, 2.75) is 58.4 Å². The first kappa shape index (κ1) is 11.8. The molecule has 4 heteroatoms. The molecule has 2 rings (SSSR count). The van der Waals surface area contributed by atoms with Crippen molar-refractivity contribution in [3.63, 3.8) is 0 Å². The molecule has 14 heavy (non-hydrogen) atoms. The van der Waals surface area contributed by atoms with Gasteiger partial charge in [0.2, 0.25) is 0 Å². The van der Waals surface area contributed by atoms with Gasteiger partial charge in [-0.3, -0.25) is 0 Å². The summed E-state index contributed by atoms with van der Waals surface area (Å²) in [5, 5.41) is 3.46. The molecule has 0 amide bonds. The summed E-state index contributed by atoms with van der Waals surface area (Å²) in [7, 11) is 0. The Morgan fingerprint density at radius 2 is 1.21 bits per heavy atom. The second-order valence-electron chi connectivity index (χ2n) is 4.26. The summed E-state index contributed by atoms with van der Waals surface area (Å²) in [6.45, 7) is 4.48. The number of alkyl halides is 2. The van der Waals surface area contributed by atoms with Crippen LogP contribution < -0.4 is 0 Å². The monoisotopic (exact) mass is 270 g/mol. The Bertz CT molecular complexity index is 170. The van der Waals surface area contributed by atoms with Crippen molar-refractivity contribution in [1.29, 1.82) is 0 Å². The number of rotatable bonds is 1. The fourth-order valence-electron chi connectivity index (χ4n) is 2.14. The molecule has 2 fully saturated rings. The van der Waals surface area contributed by atoms with E-state index in [1.54, 1.807) is 0 Å². The zero-order chi connectivity index (χ0) is 10.3. The van der Waals surface area contributed by atoms with Gasteiger partial charge >= 0.3 is 0 Å². The number of hydrogen-bond acceptors (Lipinski definition) is 2. The maximum Gasteiger partial charge on any atom is 0.0463 e. The van der Waals surface area contributed by atoms with E-state index in [4.69, 9.17) is 23.2 Å². The third-order valence-electron chi connectivity index (χ3n) is 3.13. The second-order valence-corrected chi connectivity index (χ2v) is 8.63. The first-order valence-electron chi connectivity index (χ1n) is 5.17. The molecule has 0 aromatic rings. The van der Waals surface area contributed by atoms with Crippen molar-refractivity contribution in [1.82, 2.24) is 0 Å². The summed E-state index contributed by atoms with van der Waals surface area (Å²) in [5.74, 6) is 0. The summed E-state index contributed by atoms with van der Waals surface area (Å²) in [5.41, 5.74) is 0. The van der Waals surface area contributed by atoms with E-state index in [1.165, 1.54) is 12.8 Å². The quantitative estimate of drug-likeness (QED) is 0.661. The van der Waals surface area contributed by atoms with Gasteiger partial charge < -0.3 is 0 Å². The first-order chi connectivity index (χ1) is 6.58. The van der Waals surface area contributed by atoms with Gasteiger partial charge in [-0.05, 0) is 12.8 Å². The van der Waals surface area contributed by atoms with Crippen LogP contribution in [0.2, 0.25) is 0 Å². The van der Waals surface area contributed by atoms with E-state index in [1.807, 2.05) is 0 Å². The molecule has 0 N–H and O–H groups in total. The predicted molar refractivity (Wildman–Crippen MR) is 70.2 cm³/mol. The van der Waals surface area contributed by atoms with Crippen molar-refractivity contribution < 1.29 is 0 Å². The molecule has 0 aromatic carbocycles. The van der Waals surface area contributed by atoms with Crippen LogP contribution in [0.25, 0.3) is 0 Å². The lowest BCUT2D eigenvalue weighted by Gasteiger charge is -2.16. The highest BCUT2D eigenvalue weighted by molar-refractivity contribution is 8.04. The number of thioether (sulfide) groups is 2. The summed E-state index contributed by atoms with van der Waals surface area (Å²) < 4.78 is 0. The third kappa shape index (κ3) is 2.34. The molecule has 2 heterocycles. The molecule has 0 radical (unpaired) electrons. The predicted octanol–water partition coefficient (Wildman–Crippen LogP) is 3.99. The van der Waals surface area contributed by atoms with Gasteiger partial charge in [-0.15, -0.1) is 23.2 Å². The van der Waals surface area contributed by atoms with E-state index >= 15 is 0 Å². The molecule has 0 aliphatic carbocycles. The van der Waals surface area contributed by atoms with Gasteiger partial charge in [0.05, 0.1) is 0 Å². The largest absolute Gasteiger partial charge is 0.153 e. The van der Waals surface area contributed by atoms with Crippen molar-refractivity contribution in [3.8, 4) is 0 Å². The van der Waals surface area contributed by atoms with E-state index in [0.717, 1.165) is 10.5 Å². The maximum absolute atomic E-state index is 6.25. The zero-order valence-corrected chi connectivity index (χ0v) is 11.6. The summed E-state index contributed by atoms with van der Waals surface area (Å²) in [4.78, 5) is 0. The van der Waals surface area contributed by atoms with E-state index in [-0.39, 0.29) is 0 Å². The zero-order valence-electron chi connectivity index (χ0n) is 8.45. The van der Waals surface area contributed by atoms with Gasteiger partial charge in [0, 0.05) is 31.8 Å². The molecule has 0 aromatic heterocycles. The highest BCUT2D eigenvalue weighted by Gasteiger charge is 2.41. The molecule has 6 atom stereocenters. The molecule has 0 spiro atoms. The Balaban J connectivity index is 1.92. The minimum atomic E-state index is 0.371. The lowest BCUT2D eigenvalue weighted by atomic mass is 10.1. The minimum Gasteiger partial charge on any atom is -0.153 e. The number of halogens is 2. The summed E-state index contributed by atoms with van der Waals surface area (Å²) in [6, 6.07) is 0. The van der Waals surface area contributed by atoms with Crippen molar-refractivity contribution >= 4 is 46.7 Å². The van der Waals surface area contributed by atoms with Crippen molar-refractivity contribution in [2.24, 2.45) is 0 Å². The van der Waals surface area contributed by atoms with Crippen LogP contribution in [0, 0.1) is 0 Å². The normalized spacial score (nSPS) is 54.0. The van der Waals surface area contributed by atoms with Gasteiger partial charge in [0.1, 0.15) is 0 Å². The average Bonchev–Trinajstić information content (AvgIpc) is 2.60. The van der Waals surface area contributed by atoms with Crippen LogP contribution in [0.1, 0.15) is 26.7 Å². The minimum absolute atomic E-state index is 0.371. The van der Waals surface area contributed by atoms with E-state index in [0.29, 0.717) is 21.3 Å². The second kappa shape index (κ2) is 4.65. The standard InChI is InChI=1S/C10H16Cl2S2/c1-5-7(11)3-9(13-5)10-4-8(12)6(2)14-10/h5-10H,3-4H2,1-2H3. The molecule has 0 bridgehead atoms. The first-order valence-corrected chi connectivity index (χ1v) is 7.93. The molecule has 2 saturated heterocycles. The molecule has 0 nitrogen and oxygen atoms in total. The van der Waals surface area contributed by atoms with Crippen LogP contribution in [0.3, 0.4) is 0 Å². The molecule has 2 aliphatic rings. The fourth-order valence-corrected chi connectivity index (χ4v) is 6.35. The fraction of sp³-hybridized carbons (Fsp3) is 1.00. The Morgan fingerprint density at radius 1 is 0.857 bits per heavy atom. The Labute approximate surface area is 105 Å². The molecule has 6 unspecified atom stereocenters. The SMILES string of the molecule is CC1SC(C2CC(Cl)C(C)S2)CC1Cl. The molecular formula is C10H16Cl2S2. The van der Waals surface area contributed by atoms with Crippen molar-refractivity contribution in [3.05, 3.63) is 0 Å². The van der Waals surface area contributed by atoms with Crippen LogP contribution in [-0.2, 0) is 0 Å². The Kier molecular flexibility index (Phi) is 3.90. The van der Waals surface area contributed by atoms with Crippen LogP contribution in [-0.4, -0.2) is 31.8 Å². The average molecular weight is 271 g/mol. The summed E-state index contributed by atoms with van der Waals surface area (Å²) in [6.07, 6.45) is 2.34. The lowest BCUT2D eigenvalue weighted by molar-refractivity contribution is 0.681. The molecular weight excluding hydrogens is 255 g/mol. The van der Waals surface area contributed by atoms with E-state index in [2.05, 4.69) is 37.4 Å². The van der Waals surface area contributed by atoms with Gasteiger partial charge in [0.15, 0.2) is 0 Å². The van der Waals surface area contributed by atoms with Crippen molar-refractivity contribution in [2.75, 3.05) is 0 Å². The smallest absolute Gasteiger partial charge is 0.0463 e. The molecule has 0 saturated carbocycles. The van der Waals surface area contributed by atoms with Gasteiger partial charge in [-0.2, -0.15) is 23.5 Å². The Hall–Kier alpha value is 1.28. The van der Waals surface area contributed by atoms with E-state index < -0.39 is 0 Å². The van der Waals surface area contributed by atoms with Gasteiger partial charge in [-0.25, -0.2) is 0 Å². The van der Waals surface area contributed by atoms with E-state index in [9.17, 15) is 0 Å². The topological polar surface area (TPSA) is 0 Å². The van der Waals surface area contributed by atoms with Gasteiger partial charge in [-0.1, -0.05) is 13.8 Å². The highest BCUT2D eigenvalue weighted by atomic mass is 35.5. The van der Waals surface area contributed by atoms with Crippen LogP contribution in [0.4, 0.5) is 0 Å². The van der Waals surface area contributed by atoms with Gasteiger partial charge in [0.25, 0.3) is 0 Å². The lowest BCUT2D eigenvalue weighted by Crippen LogP contribution is -2.16. The van der Waals surface area contributed by atoms with Crippen LogP contribution >= 0.6 is 46.7 Å². The molecule has 82 valence electrons.